The van der Waals surface area contributed by atoms with Gasteiger partial charge in [0.05, 0.1) is 22.1 Å². The lowest BCUT2D eigenvalue weighted by molar-refractivity contribution is -0.365. The molecule has 0 saturated heterocycles. The Balaban J connectivity index is 2.04. The monoisotopic (exact) mass is 493 g/mol. The molecule has 0 aromatic rings. The second kappa shape index (κ2) is 8.07. The average molecular weight is 493 g/mol. The molecule has 0 radical (unpaired) electrons. The molecule has 0 aliphatic heterocycles. The normalized spacial score (nSPS) is 33.0. The second-order valence-corrected chi connectivity index (χ2v) is 10.4. The molecule has 3 atom stereocenters. The molecule has 32 heavy (non-hydrogen) atoms. The molecule has 13 heteroatoms. The standard InChI is InChI=1S/C19H24F6O6S/c1-2-3-4-30-14-13-6-11-5-12(7-13)9-16(14,8-11)15(26)31-17(18(20,21)22,19(23,24)25)10-32(27,28)29/h3-4,11-14H,2,5-10H2,1H3,(H,27,28,29)/p-1. The Bertz CT molecular complexity index is 837. The minimum atomic E-state index is -6.39. The molecule has 4 bridgehead atoms. The molecule has 0 N–H and O–H groups in total. The first-order valence-electron chi connectivity index (χ1n) is 10.2. The van der Waals surface area contributed by atoms with Gasteiger partial charge in [-0.25, -0.2) is 8.42 Å². The van der Waals surface area contributed by atoms with E-state index in [9.17, 15) is 44.1 Å². The fraction of sp³-hybridized carbons (Fsp3) is 0.842. The van der Waals surface area contributed by atoms with E-state index in [4.69, 9.17) is 4.74 Å². The lowest BCUT2D eigenvalue weighted by Gasteiger charge is -2.59. The lowest BCUT2D eigenvalue weighted by atomic mass is 9.48. The summed E-state index contributed by atoms with van der Waals surface area (Å²) in [5.41, 5.74) is -7.26. The van der Waals surface area contributed by atoms with Crippen molar-refractivity contribution in [2.75, 3.05) is 5.75 Å². The first-order chi connectivity index (χ1) is 14.5. The van der Waals surface area contributed by atoms with Crippen molar-refractivity contribution in [3.8, 4) is 0 Å². The SMILES string of the molecule is CCC=COC1C2CC3CC(C2)CC1(C(=O)OC(CS(=O)(=O)[O-])(C(F)(F)F)C(F)(F)F)C3. The number of hydrogen-bond donors (Lipinski definition) is 0. The number of allylic oxidation sites excluding steroid dienone is 1. The Labute approximate surface area is 181 Å². The van der Waals surface area contributed by atoms with Crippen molar-refractivity contribution >= 4 is 16.1 Å². The van der Waals surface area contributed by atoms with Crippen LogP contribution in [0.15, 0.2) is 12.3 Å². The Hall–Kier alpha value is -1.50. The molecule has 0 aromatic carbocycles. The predicted molar refractivity (Wildman–Crippen MR) is 95.8 cm³/mol. The molecular formula is C19H23F6O6S-. The number of carbonyl (C=O) groups is 1. The van der Waals surface area contributed by atoms with Crippen LogP contribution in [0.25, 0.3) is 0 Å². The van der Waals surface area contributed by atoms with E-state index in [0.717, 1.165) is 0 Å². The Morgan fingerprint density at radius 2 is 1.59 bits per heavy atom. The third-order valence-corrected chi connectivity index (χ3v) is 7.50. The number of alkyl halides is 6. The van der Waals surface area contributed by atoms with Gasteiger partial charge >= 0.3 is 23.9 Å². The van der Waals surface area contributed by atoms with Crippen molar-refractivity contribution < 1.29 is 53.6 Å². The summed E-state index contributed by atoms with van der Waals surface area (Å²) in [5, 5.41) is 0. The van der Waals surface area contributed by atoms with Crippen molar-refractivity contribution in [2.24, 2.45) is 23.2 Å². The number of rotatable bonds is 7. The Morgan fingerprint density at radius 1 is 1.06 bits per heavy atom. The van der Waals surface area contributed by atoms with Crippen molar-refractivity contribution in [3.05, 3.63) is 12.3 Å². The van der Waals surface area contributed by atoms with Crippen LogP contribution in [-0.4, -0.2) is 48.8 Å². The molecule has 184 valence electrons. The largest absolute Gasteiger partial charge is 0.748 e. The minimum absolute atomic E-state index is 0.0284. The molecule has 4 aliphatic rings. The van der Waals surface area contributed by atoms with Gasteiger partial charge in [-0.1, -0.05) is 13.0 Å². The van der Waals surface area contributed by atoms with Crippen LogP contribution in [0.1, 0.15) is 45.4 Å². The minimum Gasteiger partial charge on any atom is -0.748 e. The number of esters is 1. The molecule has 0 heterocycles. The van der Waals surface area contributed by atoms with Crippen LogP contribution in [0.3, 0.4) is 0 Å². The molecule has 4 fully saturated rings. The fourth-order valence-electron chi connectivity index (χ4n) is 5.73. The van der Waals surface area contributed by atoms with Crippen molar-refractivity contribution in [1.82, 2.24) is 0 Å². The topological polar surface area (TPSA) is 92.7 Å². The quantitative estimate of drug-likeness (QED) is 0.230. The van der Waals surface area contributed by atoms with Crippen LogP contribution >= 0.6 is 0 Å². The molecule has 6 nitrogen and oxygen atoms in total. The smallest absolute Gasteiger partial charge is 0.438 e. The summed E-state index contributed by atoms with van der Waals surface area (Å²) in [5.74, 6) is -5.27. The summed E-state index contributed by atoms with van der Waals surface area (Å²) in [6, 6.07) is 0. The third kappa shape index (κ3) is 4.34. The summed E-state index contributed by atoms with van der Waals surface area (Å²) >= 11 is 0. The maximum atomic E-state index is 13.6. The number of carbonyl (C=O) groups excluding carboxylic acids is 1. The van der Waals surface area contributed by atoms with Crippen LogP contribution < -0.4 is 0 Å². The molecule has 4 aliphatic carbocycles. The highest BCUT2D eigenvalue weighted by atomic mass is 32.2. The van der Waals surface area contributed by atoms with Gasteiger partial charge in [-0.2, -0.15) is 26.3 Å². The summed E-state index contributed by atoms with van der Waals surface area (Å²) in [4.78, 5) is 13.1. The maximum Gasteiger partial charge on any atom is 0.438 e. The maximum absolute atomic E-state index is 13.6. The Morgan fingerprint density at radius 3 is 2.03 bits per heavy atom. The highest BCUT2D eigenvalue weighted by Gasteiger charge is 2.76. The zero-order valence-corrected chi connectivity index (χ0v) is 17.9. The number of halogens is 6. The van der Waals surface area contributed by atoms with Gasteiger partial charge in [-0.05, 0) is 56.3 Å². The lowest BCUT2D eigenvalue weighted by Crippen LogP contribution is -2.67. The molecule has 4 saturated carbocycles. The van der Waals surface area contributed by atoms with E-state index in [-0.39, 0.29) is 30.6 Å². The molecular weight excluding hydrogens is 470 g/mol. The molecule has 0 aromatic heterocycles. The van der Waals surface area contributed by atoms with Gasteiger partial charge in [0, 0.05) is 0 Å². The van der Waals surface area contributed by atoms with Gasteiger partial charge in [-0.3, -0.25) is 4.79 Å². The van der Waals surface area contributed by atoms with E-state index in [0.29, 0.717) is 25.7 Å². The first kappa shape index (κ1) is 25.1. The van der Waals surface area contributed by atoms with Gasteiger partial charge in [-0.15, -0.1) is 0 Å². The summed E-state index contributed by atoms with van der Waals surface area (Å²) in [6.07, 6.45) is -8.50. The van der Waals surface area contributed by atoms with Crippen molar-refractivity contribution in [3.63, 3.8) is 0 Å². The van der Waals surface area contributed by atoms with E-state index in [1.54, 1.807) is 13.0 Å². The van der Waals surface area contributed by atoms with E-state index in [2.05, 4.69) is 4.74 Å². The number of hydrogen-bond acceptors (Lipinski definition) is 6. The van der Waals surface area contributed by atoms with E-state index >= 15 is 0 Å². The van der Waals surface area contributed by atoms with Crippen LogP contribution in [0.2, 0.25) is 0 Å². The van der Waals surface area contributed by atoms with Crippen LogP contribution in [-0.2, 0) is 24.4 Å². The predicted octanol–water partition coefficient (Wildman–Crippen LogP) is 4.07. The van der Waals surface area contributed by atoms with E-state index in [1.807, 2.05) is 0 Å². The van der Waals surface area contributed by atoms with Crippen molar-refractivity contribution in [2.45, 2.75) is 69.5 Å². The van der Waals surface area contributed by atoms with Gasteiger partial charge in [0.1, 0.15) is 11.5 Å². The van der Waals surface area contributed by atoms with Gasteiger partial charge < -0.3 is 14.0 Å². The fourth-order valence-corrected chi connectivity index (χ4v) is 6.62. The highest BCUT2D eigenvalue weighted by Crippen LogP contribution is 2.62. The van der Waals surface area contributed by atoms with Gasteiger partial charge in [0.25, 0.3) is 0 Å². The van der Waals surface area contributed by atoms with Crippen molar-refractivity contribution in [1.29, 1.82) is 0 Å². The van der Waals surface area contributed by atoms with Crippen LogP contribution in [0, 0.1) is 23.2 Å². The van der Waals surface area contributed by atoms with Gasteiger partial charge in [0.15, 0.2) is 0 Å². The zero-order valence-electron chi connectivity index (χ0n) is 17.0. The molecule has 3 unspecified atom stereocenters. The average Bonchev–Trinajstić information content (AvgIpc) is 2.59. The zero-order chi connectivity index (χ0) is 24.2. The van der Waals surface area contributed by atoms with E-state index < -0.39 is 51.3 Å². The highest BCUT2D eigenvalue weighted by molar-refractivity contribution is 7.85. The summed E-state index contributed by atoms with van der Waals surface area (Å²) < 4.78 is 125. The third-order valence-electron chi connectivity index (χ3n) is 6.74. The van der Waals surface area contributed by atoms with Gasteiger partial charge in [0.2, 0.25) is 0 Å². The second-order valence-electron chi connectivity index (χ2n) is 9.01. The molecule has 4 rings (SSSR count). The number of ether oxygens (including phenoxy) is 2. The first-order valence-corrected chi connectivity index (χ1v) is 11.7. The van der Waals surface area contributed by atoms with Crippen LogP contribution in [0.4, 0.5) is 26.3 Å². The molecule has 0 amide bonds. The summed E-state index contributed by atoms with van der Waals surface area (Å²) in [7, 11) is -6.09. The Kier molecular flexibility index (Phi) is 6.33. The van der Waals surface area contributed by atoms with E-state index in [1.165, 1.54) is 6.26 Å². The molecule has 0 spiro atoms. The summed E-state index contributed by atoms with van der Waals surface area (Å²) in [6.45, 7) is 1.78. The van der Waals surface area contributed by atoms with Crippen LogP contribution in [0.5, 0.6) is 0 Å².